The van der Waals surface area contributed by atoms with Crippen LogP contribution in [0.15, 0.2) is 59.1 Å². The Bertz CT molecular complexity index is 1250. The van der Waals surface area contributed by atoms with Crippen LogP contribution in [0.2, 0.25) is 0 Å². The lowest BCUT2D eigenvalue weighted by Gasteiger charge is -2.23. The summed E-state index contributed by atoms with van der Waals surface area (Å²) in [5.74, 6) is 0.999. The Morgan fingerprint density at radius 1 is 0.949 bits per heavy atom. The predicted octanol–water partition coefficient (Wildman–Crippen LogP) is 6.45. The summed E-state index contributed by atoms with van der Waals surface area (Å²) in [5.41, 5.74) is 3.26. The molecule has 2 aliphatic rings. The van der Waals surface area contributed by atoms with Gasteiger partial charge in [0.15, 0.2) is 5.76 Å². The molecule has 0 radical (unpaired) electrons. The number of rotatable bonds is 9. The van der Waals surface area contributed by atoms with Crippen LogP contribution in [0.4, 0.5) is 4.79 Å². The highest BCUT2D eigenvalue weighted by Crippen LogP contribution is 2.33. The molecule has 0 bridgehead atoms. The molecule has 2 unspecified atom stereocenters. The lowest BCUT2D eigenvalue weighted by molar-refractivity contribution is -0.149. The first-order chi connectivity index (χ1) is 19.0. The van der Waals surface area contributed by atoms with E-state index in [2.05, 4.69) is 5.16 Å². The summed E-state index contributed by atoms with van der Waals surface area (Å²) in [6.45, 7) is 2.24. The van der Waals surface area contributed by atoms with Crippen LogP contribution in [-0.2, 0) is 27.5 Å². The average molecular weight is 533 g/mol. The molecule has 3 aromatic rings. The van der Waals surface area contributed by atoms with Crippen LogP contribution in [0.25, 0.3) is 11.3 Å². The zero-order chi connectivity index (χ0) is 27.2. The van der Waals surface area contributed by atoms with Crippen molar-refractivity contribution >= 4 is 12.1 Å². The Kier molecular flexibility index (Phi) is 8.49. The molecule has 2 atom stereocenters. The van der Waals surface area contributed by atoms with Crippen molar-refractivity contribution in [2.24, 2.45) is 5.92 Å². The summed E-state index contributed by atoms with van der Waals surface area (Å²) in [6.07, 6.45) is 6.19. The Labute approximate surface area is 229 Å². The summed E-state index contributed by atoms with van der Waals surface area (Å²) in [5, 5.41) is 4.10. The summed E-state index contributed by atoms with van der Waals surface area (Å²) < 4.78 is 22.9. The van der Waals surface area contributed by atoms with Gasteiger partial charge in [0.05, 0.1) is 23.3 Å². The number of aromatic nitrogens is 1. The maximum atomic E-state index is 12.6. The summed E-state index contributed by atoms with van der Waals surface area (Å²) in [4.78, 5) is 26.8. The molecule has 2 fully saturated rings. The van der Waals surface area contributed by atoms with E-state index in [1.807, 2.05) is 61.5 Å². The van der Waals surface area contributed by atoms with Crippen molar-refractivity contribution < 1.29 is 28.3 Å². The molecule has 1 amide bonds. The van der Waals surface area contributed by atoms with Crippen molar-refractivity contribution in [3.05, 3.63) is 71.4 Å². The number of nitrogens with zero attached hydrogens (tertiary/aromatic N) is 2. The van der Waals surface area contributed by atoms with E-state index >= 15 is 0 Å². The molecule has 1 aromatic heterocycles. The van der Waals surface area contributed by atoms with E-state index in [4.69, 9.17) is 18.7 Å². The molecule has 2 aromatic carbocycles. The van der Waals surface area contributed by atoms with Crippen LogP contribution in [-0.4, -0.2) is 41.3 Å². The smallest absolute Gasteiger partial charge is 0.410 e. The molecule has 0 spiro atoms. The molecule has 0 saturated heterocycles. The molecule has 2 saturated carbocycles. The lowest BCUT2D eigenvalue weighted by Crippen LogP contribution is -2.35. The fourth-order valence-electron chi connectivity index (χ4n) is 5.45. The van der Waals surface area contributed by atoms with Crippen molar-refractivity contribution in [3.63, 3.8) is 0 Å². The second-order valence-corrected chi connectivity index (χ2v) is 10.5. The third-order valence-corrected chi connectivity index (χ3v) is 7.85. The quantitative estimate of drug-likeness (QED) is 0.292. The van der Waals surface area contributed by atoms with E-state index in [-0.39, 0.29) is 36.7 Å². The number of aryl methyl sites for hydroxylation is 1. The third-order valence-electron chi connectivity index (χ3n) is 7.85. The first kappa shape index (κ1) is 26.8. The number of benzene rings is 2. The van der Waals surface area contributed by atoms with Crippen LogP contribution >= 0.6 is 0 Å². The number of carbonyl (C=O) groups is 2. The predicted molar refractivity (Wildman–Crippen MR) is 145 cm³/mol. The number of hydrogen-bond donors (Lipinski definition) is 0. The molecule has 1 heterocycles. The van der Waals surface area contributed by atoms with Crippen molar-refractivity contribution in [2.45, 2.75) is 77.2 Å². The van der Waals surface area contributed by atoms with Gasteiger partial charge in [0.1, 0.15) is 19.0 Å². The van der Waals surface area contributed by atoms with Gasteiger partial charge in [-0.05, 0) is 68.9 Å². The molecule has 0 aliphatic heterocycles. The Hall–Kier alpha value is -3.81. The number of esters is 1. The minimum Gasteiger partial charge on any atom is -0.490 e. The molecule has 5 rings (SSSR count). The molecular weight excluding hydrogens is 496 g/mol. The normalized spacial score (nSPS) is 19.1. The number of ether oxygens (including phenoxy) is 3. The molecule has 206 valence electrons. The highest BCUT2D eigenvalue weighted by atomic mass is 16.6. The van der Waals surface area contributed by atoms with Gasteiger partial charge in [0.2, 0.25) is 0 Å². The van der Waals surface area contributed by atoms with Gasteiger partial charge in [0.25, 0.3) is 0 Å². The fourth-order valence-corrected chi connectivity index (χ4v) is 5.45. The monoisotopic (exact) mass is 532 g/mol. The topological polar surface area (TPSA) is 91.1 Å². The zero-order valence-corrected chi connectivity index (χ0v) is 22.6. The van der Waals surface area contributed by atoms with E-state index in [1.54, 1.807) is 11.9 Å². The van der Waals surface area contributed by atoms with Crippen LogP contribution < -0.4 is 4.74 Å². The van der Waals surface area contributed by atoms with Gasteiger partial charge in [-0.2, -0.15) is 0 Å². The zero-order valence-electron chi connectivity index (χ0n) is 22.6. The van der Waals surface area contributed by atoms with Crippen LogP contribution in [0.3, 0.4) is 0 Å². The second-order valence-electron chi connectivity index (χ2n) is 10.5. The van der Waals surface area contributed by atoms with Crippen molar-refractivity contribution in [1.29, 1.82) is 0 Å². The maximum Gasteiger partial charge on any atom is 0.410 e. The molecule has 8 nitrogen and oxygen atoms in total. The number of amides is 1. The van der Waals surface area contributed by atoms with Gasteiger partial charge in [-0.15, -0.1) is 0 Å². The first-order valence-corrected chi connectivity index (χ1v) is 13.8. The van der Waals surface area contributed by atoms with E-state index in [1.165, 1.54) is 0 Å². The lowest BCUT2D eigenvalue weighted by atomic mass is 10.1. The minimum atomic E-state index is -0.323. The standard InChI is InChI=1S/C31H36N2O6/c1-21-28(20-37-31(35)33(2)25-10-6-7-11-25)29(39-32-21)23-12-15-26(16-13-23)38-27-17-14-24(18-27)30(34)36-19-22-8-4-3-5-9-22/h3-5,8-9,12-13,15-16,24-25,27H,6-7,10-11,14,17-20H2,1-2H3. The average Bonchev–Trinajstić information content (AvgIpc) is 3.73. The van der Waals surface area contributed by atoms with Crippen LogP contribution in [0, 0.1) is 12.8 Å². The third kappa shape index (κ3) is 6.61. The van der Waals surface area contributed by atoms with E-state index in [0.29, 0.717) is 24.5 Å². The second kappa shape index (κ2) is 12.4. The van der Waals surface area contributed by atoms with Gasteiger partial charge in [0, 0.05) is 18.7 Å². The van der Waals surface area contributed by atoms with Crippen LogP contribution in [0.5, 0.6) is 5.75 Å². The van der Waals surface area contributed by atoms with Crippen molar-refractivity contribution in [3.8, 4) is 17.1 Å². The van der Waals surface area contributed by atoms with E-state index < -0.39 is 0 Å². The summed E-state index contributed by atoms with van der Waals surface area (Å²) in [7, 11) is 1.80. The van der Waals surface area contributed by atoms with Gasteiger partial charge >= 0.3 is 12.1 Å². The number of carbonyl (C=O) groups excluding carboxylic acids is 2. The Balaban J connectivity index is 1.13. The summed E-state index contributed by atoms with van der Waals surface area (Å²) in [6, 6.07) is 17.5. The molecule has 0 N–H and O–H groups in total. The Morgan fingerprint density at radius 2 is 1.69 bits per heavy atom. The highest BCUT2D eigenvalue weighted by Gasteiger charge is 2.32. The van der Waals surface area contributed by atoms with E-state index in [0.717, 1.165) is 61.0 Å². The SMILES string of the molecule is Cc1noc(-c2ccc(OC3CCC(C(=O)OCc4ccccc4)C3)cc2)c1COC(=O)N(C)C1CCCC1. The molecule has 39 heavy (non-hydrogen) atoms. The fraction of sp³-hybridized carbons (Fsp3) is 0.452. The first-order valence-electron chi connectivity index (χ1n) is 13.8. The van der Waals surface area contributed by atoms with Crippen LogP contribution in [0.1, 0.15) is 61.8 Å². The van der Waals surface area contributed by atoms with Gasteiger partial charge in [-0.3, -0.25) is 4.79 Å². The van der Waals surface area contributed by atoms with Gasteiger partial charge in [-0.25, -0.2) is 4.79 Å². The van der Waals surface area contributed by atoms with E-state index in [9.17, 15) is 9.59 Å². The molecule has 8 heteroatoms. The van der Waals surface area contributed by atoms with Crippen molar-refractivity contribution in [1.82, 2.24) is 10.1 Å². The van der Waals surface area contributed by atoms with Gasteiger partial charge < -0.3 is 23.6 Å². The van der Waals surface area contributed by atoms with Gasteiger partial charge in [-0.1, -0.05) is 48.3 Å². The Morgan fingerprint density at radius 3 is 2.44 bits per heavy atom. The largest absolute Gasteiger partial charge is 0.490 e. The highest BCUT2D eigenvalue weighted by molar-refractivity contribution is 5.73. The van der Waals surface area contributed by atoms with Crippen molar-refractivity contribution in [2.75, 3.05) is 7.05 Å². The summed E-state index contributed by atoms with van der Waals surface area (Å²) >= 11 is 0. The molecular formula is C31H36N2O6. The number of hydrogen-bond acceptors (Lipinski definition) is 7. The maximum absolute atomic E-state index is 12.6. The minimum absolute atomic E-state index is 0.0375. The molecule has 2 aliphatic carbocycles.